The third-order valence-electron chi connectivity index (χ3n) is 5.20. The van der Waals surface area contributed by atoms with Crippen molar-refractivity contribution in [2.45, 2.75) is 0 Å². The third-order valence-corrected chi connectivity index (χ3v) is 5.20. The van der Waals surface area contributed by atoms with E-state index in [0.717, 1.165) is 56.0 Å². The van der Waals surface area contributed by atoms with Gasteiger partial charge in [0.15, 0.2) is 0 Å². The summed E-state index contributed by atoms with van der Waals surface area (Å²) in [5, 5.41) is 0. The number of hydrogen-bond acceptors (Lipinski definition) is 4. The van der Waals surface area contributed by atoms with Crippen LogP contribution in [0.15, 0.2) is 85.5 Å². The van der Waals surface area contributed by atoms with E-state index >= 15 is 0 Å². The van der Waals surface area contributed by atoms with Gasteiger partial charge in [0.1, 0.15) is 11.6 Å². The van der Waals surface area contributed by atoms with Gasteiger partial charge < -0.3 is 9.97 Å². The van der Waals surface area contributed by atoms with Gasteiger partial charge in [0.05, 0.1) is 22.1 Å². The lowest BCUT2D eigenvalue weighted by molar-refractivity contribution is 1.28. The molecule has 4 aromatic heterocycles. The topological polar surface area (TPSA) is 83.1 Å². The monoisotopic (exact) mass is 388 g/mol. The minimum atomic E-state index is 0.843. The molecule has 0 radical (unpaired) electrons. The van der Waals surface area contributed by atoms with Crippen LogP contribution in [0.2, 0.25) is 0 Å². The lowest BCUT2D eigenvalue weighted by Crippen LogP contribution is -1.80. The number of nitrogens with zero attached hydrogens (tertiary/aromatic N) is 4. The molecule has 0 spiro atoms. The van der Waals surface area contributed by atoms with E-state index in [1.165, 1.54) is 0 Å². The molecule has 30 heavy (non-hydrogen) atoms. The summed E-state index contributed by atoms with van der Waals surface area (Å²) in [5.74, 6) is 1.69. The lowest BCUT2D eigenvalue weighted by atomic mass is 10.0. The van der Waals surface area contributed by atoms with Crippen molar-refractivity contribution in [2.75, 3.05) is 0 Å². The van der Waals surface area contributed by atoms with E-state index in [4.69, 9.17) is 9.97 Å². The number of benzene rings is 2. The molecule has 2 aromatic carbocycles. The van der Waals surface area contributed by atoms with Crippen LogP contribution in [0.1, 0.15) is 0 Å². The number of hydrogen-bond donors (Lipinski definition) is 2. The molecule has 0 saturated heterocycles. The van der Waals surface area contributed by atoms with E-state index in [9.17, 15) is 0 Å². The largest absolute Gasteiger partial charge is 0.338 e. The van der Waals surface area contributed by atoms with E-state index in [1.54, 1.807) is 24.8 Å². The molecule has 0 saturated carbocycles. The summed E-state index contributed by atoms with van der Waals surface area (Å²) in [7, 11) is 0. The minimum absolute atomic E-state index is 0.843. The molecule has 4 heterocycles. The van der Waals surface area contributed by atoms with Gasteiger partial charge in [-0.15, -0.1) is 0 Å². The molecular formula is C24H16N6. The summed E-state index contributed by atoms with van der Waals surface area (Å²) in [4.78, 5) is 24.4. The van der Waals surface area contributed by atoms with Gasteiger partial charge in [-0.25, -0.2) is 9.97 Å². The molecule has 6 heteroatoms. The van der Waals surface area contributed by atoms with Crippen LogP contribution in [0.25, 0.3) is 56.0 Å². The standard InChI is InChI=1S/C24H16N6/c1-3-19-21(29-23(27-19)15-5-9-25-10-6-15)13-17(1)18-2-4-20-22(14-18)30-24(28-20)16-7-11-26-12-8-16/h1-14H,(H,27,29)(H,28,30). The van der Waals surface area contributed by atoms with Crippen molar-refractivity contribution in [2.24, 2.45) is 0 Å². The Bertz CT molecular complexity index is 1370. The van der Waals surface area contributed by atoms with Crippen LogP contribution in [-0.4, -0.2) is 29.9 Å². The smallest absolute Gasteiger partial charge is 0.138 e. The van der Waals surface area contributed by atoms with Gasteiger partial charge in [0.2, 0.25) is 0 Å². The van der Waals surface area contributed by atoms with Crippen LogP contribution >= 0.6 is 0 Å². The number of pyridine rings is 2. The first-order valence-corrected chi connectivity index (χ1v) is 9.64. The van der Waals surface area contributed by atoms with Crippen LogP contribution < -0.4 is 0 Å². The highest BCUT2D eigenvalue weighted by Crippen LogP contribution is 2.29. The zero-order chi connectivity index (χ0) is 19.9. The number of aromatic nitrogens is 6. The highest BCUT2D eigenvalue weighted by Gasteiger charge is 2.09. The minimum Gasteiger partial charge on any atom is -0.338 e. The zero-order valence-corrected chi connectivity index (χ0v) is 15.9. The van der Waals surface area contributed by atoms with E-state index in [1.807, 2.05) is 36.4 Å². The molecule has 142 valence electrons. The molecule has 0 amide bonds. The highest BCUT2D eigenvalue weighted by molar-refractivity contribution is 5.88. The molecule has 0 unspecified atom stereocenters. The first-order chi connectivity index (χ1) is 14.8. The van der Waals surface area contributed by atoms with Gasteiger partial charge in [-0.2, -0.15) is 0 Å². The fraction of sp³-hybridized carbons (Fsp3) is 0. The Labute approximate surface area is 171 Å². The molecule has 0 bridgehead atoms. The highest BCUT2D eigenvalue weighted by atomic mass is 14.9. The number of aromatic amines is 2. The maximum absolute atomic E-state index is 4.70. The summed E-state index contributed by atoms with van der Waals surface area (Å²) in [5.41, 5.74) is 8.16. The Morgan fingerprint density at radius 2 is 0.900 bits per heavy atom. The Morgan fingerprint density at radius 3 is 1.33 bits per heavy atom. The lowest BCUT2D eigenvalue weighted by Gasteiger charge is -2.01. The fourth-order valence-corrected chi connectivity index (χ4v) is 3.67. The first-order valence-electron chi connectivity index (χ1n) is 9.64. The average molecular weight is 388 g/mol. The van der Waals surface area contributed by atoms with Crippen molar-refractivity contribution in [1.82, 2.24) is 29.9 Å². The fourth-order valence-electron chi connectivity index (χ4n) is 3.67. The Morgan fingerprint density at radius 1 is 0.467 bits per heavy atom. The predicted molar refractivity (Wildman–Crippen MR) is 118 cm³/mol. The van der Waals surface area contributed by atoms with Crippen molar-refractivity contribution in [3.8, 4) is 33.9 Å². The van der Waals surface area contributed by atoms with Crippen molar-refractivity contribution >= 4 is 22.1 Å². The average Bonchev–Trinajstić information content (AvgIpc) is 3.43. The second-order valence-corrected chi connectivity index (χ2v) is 7.11. The van der Waals surface area contributed by atoms with Gasteiger partial charge in [-0.3, -0.25) is 9.97 Å². The molecular weight excluding hydrogens is 372 g/mol. The van der Waals surface area contributed by atoms with Gasteiger partial charge in [-0.05, 0) is 59.7 Å². The predicted octanol–water partition coefficient (Wildman–Crippen LogP) is 5.23. The second-order valence-electron chi connectivity index (χ2n) is 7.11. The molecule has 6 rings (SSSR count). The van der Waals surface area contributed by atoms with Crippen LogP contribution in [0.3, 0.4) is 0 Å². The van der Waals surface area contributed by atoms with Crippen molar-refractivity contribution in [3.63, 3.8) is 0 Å². The van der Waals surface area contributed by atoms with Gasteiger partial charge in [-0.1, -0.05) is 12.1 Å². The molecule has 0 atom stereocenters. The SMILES string of the molecule is c1cc(-c2nc3ccc(-c4ccc5nc(-c6ccncc6)[nH]c5c4)cc3[nH]2)ccn1. The Hall–Kier alpha value is -4.32. The van der Waals surface area contributed by atoms with Crippen LogP contribution in [0, 0.1) is 0 Å². The molecule has 6 aromatic rings. The maximum atomic E-state index is 4.70. The summed E-state index contributed by atoms with van der Waals surface area (Å²) in [6.07, 6.45) is 7.09. The maximum Gasteiger partial charge on any atom is 0.138 e. The quantitative estimate of drug-likeness (QED) is 0.435. The molecule has 0 aliphatic rings. The van der Waals surface area contributed by atoms with E-state index in [2.05, 4.69) is 44.2 Å². The molecule has 0 aliphatic heterocycles. The number of imidazole rings is 2. The van der Waals surface area contributed by atoms with Gasteiger partial charge in [0.25, 0.3) is 0 Å². The number of rotatable bonds is 3. The Kier molecular flexibility index (Phi) is 3.67. The zero-order valence-electron chi connectivity index (χ0n) is 15.9. The third kappa shape index (κ3) is 2.82. The van der Waals surface area contributed by atoms with Crippen LogP contribution in [-0.2, 0) is 0 Å². The molecule has 0 aliphatic carbocycles. The van der Waals surface area contributed by atoms with E-state index in [-0.39, 0.29) is 0 Å². The number of fused-ring (bicyclic) bond motifs is 2. The van der Waals surface area contributed by atoms with Crippen molar-refractivity contribution in [1.29, 1.82) is 0 Å². The van der Waals surface area contributed by atoms with E-state index < -0.39 is 0 Å². The van der Waals surface area contributed by atoms with Crippen LogP contribution in [0.5, 0.6) is 0 Å². The molecule has 6 nitrogen and oxygen atoms in total. The molecule has 0 fully saturated rings. The number of H-pyrrole nitrogens is 2. The Balaban J connectivity index is 1.40. The van der Waals surface area contributed by atoms with Crippen molar-refractivity contribution in [3.05, 3.63) is 85.5 Å². The normalized spacial score (nSPS) is 11.3. The second kappa shape index (κ2) is 6.63. The summed E-state index contributed by atoms with van der Waals surface area (Å²) < 4.78 is 0. The van der Waals surface area contributed by atoms with Gasteiger partial charge >= 0.3 is 0 Å². The number of nitrogens with one attached hydrogen (secondary N) is 2. The van der Waals surface area contributed by atoms with Gasteiger partial charge in [0, 0.05) is 35.9 Å². The van der Waals surface area contributed by atoms with Crippen molar-refractivity contribution < 1.29 is 0 Å². The summed E-state index contributed by atoms with van der Waals surface area (Å²) in [6, 6.07) is 20.4. The van der Waals surface area contributed by atoms with E-state index in [0.29, 0.717) is 0 Å². The summed E-state index contributed by atoms with van der Waals surface area (Å²) >= 11 is 0. The van der Waals surface area contributed by atoms with Crippen LogP contribution in [0.4, 0.5) is 0 Å². The summed E-state index contributed by atoms with van der Waals surface area (Å²) in [6.45, 7) is 0. The molecule has 2 N–H and O–H groups in total. The first kappa shape index (κ1) is 16.6.